The average molecular weight is 378 g/mol. The largest absolute Gasteiger partial charge is 0.493 e. The van der Waals surface area contributed by atoms with Gasteiger partial charge in [0.2, 0.25) is 0 Å². The Morgan fingerprint density at radius 2 is 1.92 bits per heavy atom. The van der Waals surface area contributed by atoms with Crippen molar-refractivity contribution >= 4 is 17.4 Å². The van der Waals surface area contributed by atoms with Crippen LogP contribution in [0.4, 0.5) is 4.79 Å². The van der Waals surface area contributed by atoms with Crippen molar-refractivity contribution in [3.63, 3.8) is 0 Å². The molecule has 0 unspecified atom stereocenters. The number of urea groups is 1. The Morgan fingerprint density at radius 3 is 2.54 bits per heavy atom. The third kappa shape index (κ3) is 5.62. The first kappa shape index (κ1) is 20.0. The van der Waals surface area contributed by atoms with Gasteiger partial charge in [-0.2, -0.15) is 0 Å². The monoisotopic (exact) mass is 377 g/mol. The van der Waals surface area contributed by atoms with Crippen molar-refractivity contribution in [2.75, 3.05) is 7.11 Å². The Hall–Kier alpha value is -2.28. The first-order valence-corrected chi connectivity index (χ1v) is 9.55. The number of hydrogen-bond acceptors (Lipinski definition) is 5. The fourth-order valence-corrected chi connectivity index (χ4v) is 3.05. The summed E-state index contributed by atoms with van der Waals surface area (Å²) < 4.78 is 11.1. The first-order valence-electron chi connectivity index (χ1n) is 8.67. The van der Waals surface area contributed by atoms with Crippen molar-refractivity contribution in [2.45, 2.75) is 52.9 Å². The third-order valence-corrected chi connectivity index (χ3v) is 4.52. The number of para-hydroxylation sites is 2. The van der Waals surface area contributed by atoms with E-state index in [2.05, 4.69) is 10.3 Å². The lowest BCUT2D eigenvalue weighted by Crippen LogP contribution is -2.45. The van der Waals surface area contributed by atoms with Gasteiger partial charge in [0, 0.05) is 17.5 Å². The summed E-state index contributed by atoms with van der Waals surface area (Å²) in [6.45, 7) is 8.74. The van der Waals surface area contributed by atoms with E-state index in [1.807, 2.05) is 57.3 Å². The summed E-state index contributed by atoms with van der Waals surface area (Å²) in [7, 11) is 1.62. The number of thiazole rings is 1. The molecule has 0 aliphatic heterocycles. The molecule has 0 aliphatic carbocycles. The predicted molar refractivity (Wildman–Crippen MR) is 104 cm³/mol. The maximum absolute atomic E-state index is 12.3. The molecular formula is C19H27N3O3S. The molecule has 0 saturated heterocycles. The van der Waals surface area contributed by atoms with E-state index >= 15 is 0 Å². The van der Waals surface area contributed by atoms with Gasteiger partial charge in [0.25, 0.3) is 0 Å². The molecule has 1 aromatic carbocycles. The number of nitrogens with zero attached hydrogens (tertiary/aromatic N) is 2. The van der Waals surface area contributed by atoms with Gasteiger partial charge in [0.1, 0.15) is 11.6 Å². The zero-order chi connectivity index (χ0) is 19.1. The highest BCUT2D eigenvalue weighted by Crippen LogP contribution is 2.27. The van der Waals surface area contributed by atoms with Crippen LogP contribution in [-0.4, -0.2) is 35.1 Å². The highest BCUT2D eigenvalue weighted by atomic mass is 32.1. The minimum atomic E-state index is -0.0742. The first-order chi connectivity index (χ1) is 12.4. The fraction of sp³-hybridized carbons (Fsp3) is 0.474. The number of methoxy groups -OCH3 is 1. The summed E-state index contributed by atoms with van der Waals surface area (Å²) in [5.41, 5.74) is 0.862. The second-order valence-electron chi connectivity index (χ2n) is 6.50. The smallest absolute Gasteiger partial charge is 0.318 e. The van der Waals surface area contributed by atoms with Gasteiger partial charge in [-0.3, -0.25) is 0 Å². The number of ether oxygens (including phenoxy) is 2. The average Bonchev–Trinajstić information content (AvgIpc) is 3.04. The number of nitrogens with one attached hydrogen (secondary N) is 1. The molecule has 2 aromatic rings. The maximum atomic E-state index is 12.3. The van der Waals surface area contributed by atoms with E-state index in [4.69, 9.17) is 9.47 Å². The highest BCUT2D eigenvalue weighted by molar-refractivity contribution is 7.09. The maximum Gasteiger partial charge on any atom is 0.318 e. The Morgan fingerprint density at radius 1 is 1.23 bits per heavy atom. The number of carbonyl (C=O) groups is 1. The van der Waals surface area contributed by atoms with E-state index in [0.29, 0.717) is 24.7 Å². The van der Waals surface area contributed by atoms with Crippen LogP contribution in [0.2, 0.25) is 0 Å². The molecule has 2 rings (SSSR count). The standard InChI is InChI=1S/C19H27N3O3S/c1-13(2)20-19(23)22(14(3)4)10-15-12-26-18(21-15)11-25-17-9-7-6-8-16(17)24-5/h6-9,12-14H,10-11H2,1-5H3,(H,20,23). The number of amides is 2. The molecule has 1 aromatic heterocycles. The molecule has 6 nitrogen and oxygen atoms in total. The quantitative estimate of drug-likeness (QED) is 0.753. The Balaban J connectivity index is 1.98. The molecule has 0 bridgehead atoms. The molecule has 142 valence electrons. The SMILES string of the molecule is COc1ccccc1OCc1nc(CN(C(=O)NC(C)C)C(C)C)cs1. The number of rotatable bonds is 8. The van der Waals surface area contributed by atoms with Crippen LogP contribution in [0.5, 0.6) is 11.5 Å². The lowest BCUT2D eigenvalue weighted by Gasteiger charge is -2.27. The Kier molecular flexibility index (Phi) is 7.26. The van der Waals surface area contributed by atoms with Crippen LogP contribution in [0, 0.1) is 0 Å². The fourth-order valence-electron chi connectivity index (χ4n) is 2.36. The molecule has 26 heavy (non-hydrogen) atoms. The van der Waals surface area contributed by atoms with E-state index < -0.39 is 0 Å². The number of hydrogen-bond donors (Lipinski definition) is 1. The molecule has 1 heterocycles. The minimum Gasteiger partial charge on any atom is -0.493 e. The molecule has 0 aliphatic rings. The van der Waals surface area contributed by atoms with E-state index in [0.717, 1.165) is 10.7 Å². The van der Waals surface area contributed by atoms with Crippen LogP contribution < -0.4 is 14.8 Å². The van der Waals surface area contributed by atoms with E-state index in [1.165, 1.54) is 11.3 Å². The van der Waals surface area contributed by atoms with Crippen LogP contribution in [0.1, 0.15) is 38.4 Å². The third-order valence-electron chi connectivity index (χ3n) is 3.65. The van der Waals surface area contributed by atoms with Crippen LogP contribution in [0.15, 0.2) is 29.6 Å². The summed E-state index contributed by atoms with van der Waals surface area (Å²) in [4.78, 5) is 18.7. The Labute approximate surface area is 159 Å². The topological polar surface area (TPSA) is 63.7 Å². The van der Waals surface area contributed by atoms with Gasteiger partial charge in [-0.25, -0.2) is 9.78 Å². The predicted octanol–water partition coefficient (Wildman–Crippen LogP) is 4.06. The lowest BCUT2D eigenvalue weighted by molar-refractivity contribution is 0.176. The van der Waals surface area contributed by atoms with Gasteiger partial charge in [-0.05, 0) is 39.8 Å². The van der Waals surface area contributed by atoms with Crippen molar-refractivity contribution in [3.05, 3.63) is 40.3 Å². The molecule has 0 fully saturated rings. The second-order valence-corrected chi connectivity index (χ2v) is 7.44. The molecule has 0 saturated carbocycles. The van der Waals surface area contributed by atoms with Crippen LogP contribution in [0.3, 0.4) is 0 Å². The summed E-state index contributed by atoms with van der Waals surface area (Å²) in [5.74, 6) is 1.38. The molecule has 0 radical (unpaired) electrons. The normalized spacial score (nSPS) is 10.9. The van der Waals surface area contributed by atoms with Crippen LogP contribution >= 0.6 is 11.3 Å². The van der Waals surface area contributed by atoms with Crippen LogP contribution in [0.25, 0.3) is 0 Å². The van der Waals surface area contributed by atoms with Crippen LogP contribution in [-0.2, 0) is 13.2 Å². The lowest BCUT2D eigenvalue weighted by atomic mass is 10.3. The van der Waals surface area contributed by atoms with Crippen molar-refractivity contribution in [2.24, 2.45) is 0 Å². The summed E-state index contributed by atoms with van der Waals surface area (Å²) in [6, 6.07) is 7.64. The number of carbonyl (C=O) groups excluding carboxylic acids is 1. The van der Waals surface area contributed by atoms with Gasteiger partial charge >= 0.3 is 6.03 Å². The zero-order valence-electron chi connectivity index (χ0n) is 16.0. The van der Waals surface area contributed by atoms with E-state index in [1.54, 1.807) is 12.0 Å². The van der Waals surface area contributed by atoms with Gasteiger partial charge in [-0.15, -0.1) is 11.3 Å². The van der Waals surface area contributed by atoms with Gasteiger partial charge in [0.15, 0.2) is 11.5 Å². The zero-order valence-corrected chi connectivity index (χ0v) is 16.8. The van der Waals surface area contributed by atoms with Crippen molar-refractivity contribution in [3.8, 4) is 11.5 Å². The molecule has 7 heteroatoms. The van der Waals surface area contributed by atoms with Crippen molar-refractivity contribution in [1.82, 2.24) is 15.2 Å². The van der Waals surface area contributed by atoms with Crippen molar-refractivity contribution < 1.29 is 14.3 Å². The molecular weight excluding hydrogens is 350 g/mol. The second kappa shape index (κ2) is 9.43. The number of aromatic nitrogens is 1. The molecule has 0 spiro atoms. The molecule has 1 N–H and O–H groups in total. The van der Waals surface area contributed by atoms with Gasteiger partial charge in [0.05, 0.1) is 19.3 Å². The van der Waals surface area contributed by atoms with E-state index in [9.17, 15) is 4.79 Å². The highest BCUT2D eigenvalue weighted by Gasteiger charge is 2.19. The minimum absolute atomic E-state index is 0.0742. The van der Waals surface area contributed by atoms with Gasteiger partial charge < -0.3 is 19.7 Å². The van der Waals surface area contributed by atoms with Crippen molar-refractivity contribution in [1.29, 1.82) is 0 Å². The summed E-state index contributed by atoms with van der Waals surface area (Å²) in [5, 5.41) is 5.77. The summed E-state index contributed by atoms with van der Waals surface area (Å²) in [6.07, 6.45) is 0. The molecule has 2 amide bonds. The number of benzene rings is 1. The van der Waals surface area contributed by atoms with Gasteiger partial charge in [-0.1, -0.05) is 12.1 Å². The summed E-state index contributed by atoms with van der Waals surface area (Å²) >= 11 is 1.53. The van der Waals surface area contributed by atoms with E-state index in [-0.39, 0.29) is 18.1 Å². The Bertz CT molecular complexity index is 716. The molecule has 0 atom stereocenters.